The van der Waals surface area contributed by atoms with E-state index >= 15 is 0 Å². The third kappa shape index (κ3) is 7.61. The highest BCUT2D eigenvalue weighted by atomic mass is 19.1. The molecule has 0 atom stereocenters. The number of carbonyl (C=O) groups is 1. The summed E-state index contributed by atoms with van der Waals surface area (Å²) < 4.78 is 51.0. The van der Waals surface area contributed by atoms with Gasteiger partial charge in [0.05, 0.1) is 30.9 Å². The summed E-state index contributed by atoms with van der Waals surface area (Å²) in [6, 6.07) is 9.02. The van der Waals surface area contributed by atoms with Crippen LogP contribution in [0.1, 0.15) is 36.0 Å². The van der Waals surface area contributed by atoms with Gasteiger partial charge in [0.1, 0.15) is 11.5 Å². The van der Waals surface area contributed by atoms with Crippen molar-refractivity contribution in [2.45, 2.75) is 31.8 Å². The van der Waals surface area contributed by atoms with Crippen LogP contribution < -0.4 is 29.6 Å². The van der Waals surface area contributed by atoms with Crippen LogP contribution in [-0.4, -0.2) is 56.7 Å². The van der Waals surface area contributed by atoms with Gasteiger partial charge in [-0.1, -0.05) is 0 Å². The van der Waals surface area contributed by atoms with Crippen molar-refractivity contribution in [1.82, 2.24) is 15.3 Å². The molecule has 4 aromatic rings. The summed E-state index contributed by atoms with van der Waals surface area (Å²) in [6.45, 7) is 1.34. The summed E-state index contributed by atoms with van der Waals surface area (Å²) in [5, 5.41) is 6.29. The number of benzene rings is 2. The molecule has 0 saturated heterocycles. The summed E-state index contributed by atoms with van der Waals surface area (Å²) in [4.78, 5) is 18.8. The van der Waals surface area contributed by atoms with Gasteiger partial charge in [-0.3, -0.25) is 14.8 Å². The van der Waals surface area contributed by atoms with E-state index in [1.807, 2.05) is 7.05 Å². The van der Waals surface area contributed by atoms with Crippen LogP contribution >= 0.6 is 0 Å². The van der Waals surface area contributed by atoms with E-state index in [1.165, 1.54) is 38.1 Å². The van der Waals surface area contributed by atoms with Crippen molar-refractivity contribution < 1.29 is 32.5 Å². The van der Waals surface area contributed by atoms with Crippen molar-refractivity contribution in [3.05, 3.63) is 72.2 Å². The average Bonchev–Trinajstić information content (AvgIpc) is 2.99. The molecule has 0 radical (unpaired) electrons. The summed E-state index contributed by atoms with van der Waals surface area (Å²) >= 11 is 0. The Hall–Kier alpha value is -4.51. The van der Waals surface area contributed by atoms with Crippen LogP contribution in [0.2, 0.25) is 0 Å². The van der Waals surface area contributed by atoms with E-state index in [2.05, 4.69) is 20.6 Å². The number of rotatable bonds is 12. The molecule has 0 spiro atoms. The molecule has 222 valence electrons. The summed E-state index contributed by atoms with van der Waals surface area (Å²) in [7, 11) is 4.98. The SMILES string of the molecule is CNCCCOc1cc2nccc(Oc3c(F)cc(NC)cc3F)c2cc1OC.O=Cc1cnccc1OC1CCC1. The van der Waals surface area contributed by atoms with Crippen LogP contribution in [0.15, 0.2) is 55.0 Å². The van der Waals surface area contributed by atoms with Gasteiger partial charge in [0, 0.05) is 54.9 Å². The third-order valence-corrected chi connectivity index (χ3v) is 6.60. The molecule has 2 heterocycles. The molecule has 11 heteroatoms. The predicted octanol–water partition coefficient (Wildman–Crippen LogP) is 6.17. The molecule has 1 saturated carbocycles. The fourth-order valence-corrected chi connectivity index (χ4v) is 4.09. The number of aldehydes is 1. The molecule has 1 fully saturated rings. The zero-order chi connectivity index (χ0) is 29.9. The molecule has 42 heavy (non-hydrogen) atoms. The van der Waals surface area contributed by atoms with Crippen molar-refractivity contribution >= 4 is 22.9 Å². The number of ether oxygens (including phenoxy) is 4. The lowest BCUT2D eigenvalue weighted by atomic mass is 9.96. The molecule has 9 nitrogen and oxygen atoms in total. The van der Waals surface area contributed by atoms with Crippen molar-refractivity contribution in [1.29, 1.82) is 0 Å². The minimum Gasteiger partial charge on any atom is -0.493 e. The second-order valence-corrected chi connectivity index (χ2v) is 9.46. The summed E-state index contributed by atoms with van der Waals surface area (Å²) in [6.07, 6.45) is 10.0. The van der Waals surface area contributed by atoms with E-state index < -0.39 is 17.4 Å². The molecule has 0 bridgehead atoms. The Labute approximate surface area is 243 Å². The molecule has 0 aliphatic heterocycles. The first-order valence-electron chi connectivity index (χ1n) is 13.6. The van der Waals surface area contributed by atoms with Gasteiger partial charge in [-0.05, 0) is 57.5 Å². The van der Waals surface area contributed by atoms with Crippen molar-refractivity contribution in [3.63, 3.8) is 0 Å². The lowest BCUT2D eigenvalue weighted by molar-refractivity contribution is 0.107. The minimum atomic E-state index is -0.809. The van der Waals surface area contributed by atoms with E-state index in [0.717, 1.165) is 32.1 Å². The maximum absolute atomic E-state index is 14.3. The molecular formula is C31H34F2N4O5. The smallest absolute Gasteiger partial charge is 0.198 e. The maximum Gasteiger partial charge on any atom is 0.198 e. The quantitative estimate of drug-likeness (QED) is 0.150. The number of carbonyl (C=O) groups excluding carboxylic acids is 1. The van der Waals surface area contributed by atoms with Crippen molar-refractivity contribution in [3.8, 4) is 28.7 Å². The molecule has 0 unspecified atom stereocenters. The molecule has 5 rings (SSSR count). The first kappa shape index (κ1) is 30.4. The average molecular weight is 581 g/mol. The van der Waals surface area contributed by atoms with Gasteiger partial charge in [0.2, 0.25) is 0 Å². The van der Waals surface area contributed by atoms with Gasteiger partial charge in [-0.25, -0.2) is 8.78 Å². The number of fused-ring (bicyclic) bond motifs is 1. The Balaban J connectivity index is 0.000000258. The Kier molecular flexibility index (Phi) is 10.8. The van der Waals surface area contributed by atoms with Crippen LogP contribution in [0, 0.1) is 11.6 Å². The highest BCUT2D eigenvalue weighted by Crippen LogP contribution is 2.38. The number of nitrogens with one attached hydrogen (secondary N) is 2. The normalized spacial score (nSPS) is 12.5. The second kappa shape index (κ2) is 14.9. The highest BCUT2D eigenvalue weighted by molar-refractivity contribution is 5.88. The lowest BCUT2D eigenvalue weighted by Crippen LogP contribution is -2.25. The van der Waals surface area contributed by atoms with Gasteiger partial charge in [0.25, 0.3) is 0 Å². The largest absolute Gasteiger partial charge is 0.493 e. The van der Waals surface area contributed by atoms with Crippen LogP contribution in [0.3, 0.4) is 0 Å². The fourth-order valence-electron chi connectivity index (χ4n) is 4.09. The number of anilines is 1. The number of halogens is 2. The Bertz CT molecular complexity index is 1480. The lowest BCUT2D eigenvalue weighted by Gasteiger charge is -2.26. The minimum absolute atomic E-state index is 0.255. The fraction of sp³-hybridized carbons (Fsp3) is 0.323. The predicted molar refractivity (Wildman–Crippen MR) is 156 cm³/mol. The topological polar surface area (TPSA) is 104 Å². The molecule has 2 aromatic heterocycles. The van der Waals surface area contributed by atoms with Gasteiger partial charge in [-0.2, -0.15) is 0 Å². The van der Waals surface area contributed by atoms with E-state index in [-0.39, 0.29) is 5.75 Å². The molecule has 1 aliphatic carbocycles. The van der Waals surface area contributed by atoms with E-state index in [1.54, 1.807) is 37.5 Å². The van der Waals surface area contributed by atoms with Crippen LogP contribution in [-0.2, 0) is 0 Å². The Morgan fingerprint density at radius 3 is 2.40 bits per heavy atom. The van der Waals surface area contributed by atoms with E-state index in [4.69, 9.17) is 18.9 Å². The monoisotopic (exact) mass is 580 g/mol. The Morgan fingerprint density at radius 1 is 1.00 bits per heavy atom. The van der Waals surface area contributed by atoms with Crippen LogP contribution in [0.25, 0.3) is 10.9 Å². The summed E-state index contributed by atoms with van der Waals surface area (Å²) in [5.74, 6) is -0.170. The zero-order valence-electron chi connectivity index (χ0n) is 23.8. The first-order chi connectivity index (χ1) is 20.5. The Morgan fingerprint density at radius 2 is 1.76 bits per heavy atom. The first-order valence-corrected chi connectivity index (χ1v) is 13.6. The molecule has 0 amide bonds. The van der Waals surface area contributed by atoms with Gasteiger partial charge in [-0.15, -0.1) is 0 Å². The number of methoxy groups -OCH3 is 1. The number of nitrogens with zero attached hydrogens (tertiary/aromatic N) is 2. The van der Waals surface area contributed by atoms with Crippen molar-refractivity contribution in [2.75, 3.05) is 39.7 Å². The number of aromatic nitrogens is 2. The maximum atomic E-state index is 14.3. The number of pyridine rings is 2. The van der Waals surface area contributed by atoms with Crippen LogP contribution in [0.5, 0.6) is 28.7 Å². The van der Waals surface area contributed by atoms with Crippen molar-refractivity contribution in [2.24, 2.45) is 0 Å². The van der Waals surface area contributed by atoms with Crippen LogP contribution in [0.4, 0.5) is 14.5 Å². The molecular weight excluding hydrogens is 546 g/mol. The third-order valence-electron chi connectivity index (χ3n) is 6.60. The standard InChI is InChI=1S/C21H23F2N3O3.C10H11NO2/c1-24-6-4-8-28-20-12-17-14(11-19(20)27-3)18(5-7-26-17)29-21-15(22)9-13(25-2)10-16(21)23;12-7-8-6-11-5-4-10(8)13-9-2-1-3-9/h5,7,9-12,24-25H,4,6,8H2,1-3H3;4-7,9H,1-3H2. The number of hydrogen-bond donors (Lipinski definition) is 2. The highest BCUT2D eigenvalue weighted by Gasteiger charge is 2.20. The van der Waals surface area contributed by atoms with E-state index in [9.17, 15) is 13.6 Å². The second-order valence-electron chi connectivity index (χ2n) is 9.46. The van der Waals surface area contributed by atoms with Gasteiger partial charge >= 0.3 is 0 Å². The summed E-state index contributed by atoms with van der Waals surface area (Å²) in [5.41, 5.74) is 1.41. The van der Waals surface area contributed by atoms with Gasteiger partial charge < -0.3 is 29.6 Å². The number of hydrogen-bond acceptors (Lipinski definition) is 9. The molecule has 2 N–H and O–H groups in total. The van der Waals surface area contributed by atoms with Gasteiger partial charge in [0.15, 0.2) is 35.2 Å². The zero-order valence-corrected chi connectivity index (χ0v) is 23.8. The molecule has 1 aliphatic rings. The molecule has 2 aromatic carbocycles. The van der Waals surface area contributed by atoms with E-state index in [0.29, 0.717) is 52.1 Å².